The van der Waals surface area contributed by atoms with Crippen LogP contribution in [0, 0.1) is 23.6 Å². The average Bonchev–Trinajstić information content (AvgIpc) is 3.14. The highest BCUT2D eigenvalue weighted by atomic mass is 32.2. The summed E-state index contributed by atoms with van der Waals surface area (Å²) in [7, 11) is 0. The van der Waals surface area contributed by atoms with Gasteiger partial charge in [0, 0.05) is 16.9 Å². The van der Waals surface area contributed by atoms with Crippen molar-refractivity contribution in [1.82, 2.24) is 15.5 Å². The van der Waals surface area contributed by atoms with Crippen LogP contribution in [0.2, 0.25) is 0 Å². The number of fused-ring (bicyclic) bond motifs is 1. The van der Waals surface area contributed by atoms with Crippen molar-refractivity contribution in [3.63, 3.8) is 0 Å². The lowest BCUT2D eigenvalue weighted by Gasteiger charge is -2.57. The Morgan fingerprint density at radius 1 is 0.897 bits per heavy atom. The molecule has 2 N–H and O–H groups in total. The largest absolute Gasteiger partial charge is 0.311 e. The molecule has 39 heavy (non-hydrogen) atoms. The fraction of sp³-hybridized carbons (Fsp3) is 0.667. The number of carbonyl (C=O) groups is 4. The Labute approximate surface area is 233 Å². The van der Waals surface area contributed by atoms with Gasteiger partial charge in [-0.2, -0.15) is 0 Å². The summed E-state index contributed by atoms with van der Waals surface area (Å²) < 4.78 is 14.6. The first-order chi connectivity index (χ1) is 18.8. The SMILES string of the molecule is O=C1CCC(N2C(=O)c3c(F)ccc(SCCCCCCCNC45CC6CC(CC(C6)C4)C5)c3C2=O)C(=O)N1. The number of piperidine rings is 1. The fourth-order valence-electron chi connectivity index (χ4n) is 8.26. The molecule has 4 aliphatic carbocycles. The van der Waals surface area contributed by atoms with E-state index in [0.29, 0.717) is 10.4 Å². The summed E-state index contributed by atoms with van der Waals surface area (Å²) in [5, 5.41) is 6.15. The van der Waals surface area contributed by atoms with Crippen LogP contribution in [0.5, 0.6) is 0 Å². The van der Waals surface area contributed by atoms with Crippen LogP contribution in [0.15, 0.2) is 17.0 Å². The van der Waals surface area contributed by atoms with Crippen LogP contribution < -0.4 is 10.6 Å². The highest BCUT2D eigenvalue weighted by molar-refractivity contribution is 7.99. The average molecular weight is 556 g/mol. The first-order valence-electron chi connectivity index (χ1n) is 14.8. The Hall–Kier alpha value is -2.26. The Morgan fingerprint density at radius 3 is 2.23 bits per heavy atom. The second-order valence-electron chi connectivity index (χ2n) is 12.5. The molecule has 1 aromatic rings. The van der Waals surface area contributed by atoms with E-state index in [-0.39, 0.29) is 24.0 Å². The number of nitrogens with zero attached hydrogens (tertiary/aromatic N) is 1. The van der Waals surface area contributed by atoms with Gasteiger partial charge in [0.05, 0.1) is 11.1 Å². The van der Waals surface area contributed by atoms with Crippen LogP contribution >= 0.6 is 11.8 Å². The van der Waals surface area contributed by atoms with Gasteiger partial charge in [-0.1, -0.05) is 19.3 Å². The summed E-state index contributed by atoms with van der Waals surface area (Å²) in [4.78, 5) is 51.4. The van der Waals surface area contributed by atoms with Crippen LogP contribution in [-0.4, -0.2) is 52.4 Å². The smallest absolute Gasteiger partial charge is 0.265 e. The second kappa shape index (κ2) is 11.0. The van der Waals surface area contributed by atoms with E-state index in [4.69, 9.17) is 0 Å². The summed E-state index contributed by atoms with van der Waals surface area (Å²) in [6, 6.07) is 1.68. The van der Waals surface area contributed by atoms with Gasteiger partial charge in [0.25, 0.3) is 11.8 Å². The van der Waals surface area contributed by atoms with E-state index in [0.717, 1.165) is 54.2 Å². The van der Waals surface area contributed by atoms with Crippen LogP contribution in [0.1, 0.15) is 104 Å². The van der Waals surface area contributed by atoms with Crippen LogP contribution in [-0.2, 0) is 9.59 Å². The maximum absolute atomic E-state index is 14.6. The third-order valence-corrected chi connectivity index (χ3v) is 10.8. The van der Waals surface area contributed by atoms with Gasteiger partial charge in [0.1, 0.15) is 11.9 Å². The molecule has 5 fully saturated rings. The van der Waals surface area contributed by atoms with Gasteiger partial charge in [-0.3, -0.25) is 29.4 Å². The minimum atomic E-state index is -1.09. The number of carbonyl (C=O) groups excluding carboxylic acids is 4. The first-order valence-corrected chi connectivity index (χ1v) is 15.7. The predicted molar refractivity (Wildman–Crippen MR) is 146 cm³/mol. The summed E-state index contributed by atoms with van der Waals surface area (Å²) in [6.07, 6.45) is 14.3. The van der Waals surface area contributed by atoms with Crippen molar-refractivity contribution in [2.45, 2.75) is 99.9 Å². The van der Waals surface area contributed by atoms with Gasteiger partial charge in [-0.25, -0.2) is 4.39 Å². The maximum atomic E-state index is 14.6. The van der Waals surface area contributed by atoms with Gasteiger partial charge in [-0.15, -0.1) is 11.8 Å². The summed E-state index contributed by atoms with van der Waals surface area (Å²) in [6.45, 7) is 1.11. The molecule has 4 amide bonds. The van der Waals surface area contributed by atoms with Crippen molar-refractivity contribution in [2.75, 3.05) is 12.3 Å². The fourth-order valence-corrected chi connectivity index (χ4v) is 9.33. The van der Waals surface area contributed by atoms with E-state index in [2.05, 4.69) is 10.6 Å². The Kier molecular flexibility index (Phi) is 7.57. The molecule has 1 aromatic carbocycles. The van der Waals surface area contributed by atoms with Crippen molar-refractivity contribution < 1.29 is 23.6 Å². The molecule has 0 spiro atoms. The number of imide groups is 2. The zero-order valence-corrected chi connectivity index (χ0v) is 23.3. The number of halogens is 1. The number of nitrogens with one attached hydrogen (secondary N) is 2. The standard InChI is InChI=1S/C30H38FN3O4S/c31-21-6-8-23(26-25(21)28(37)34(29(26)38)22-7-9-24(35)33-27(22)36)39-11-5-3-1-2-4-10-32-30-15-18-12-19(16-30)14-20(13-18)17-30/h6,8,18-20,22,32H,1-5,7,9-17H2,(H,33,35,36). The Morgan fingerprint density at radius 2 is 1.54 bits per heavy atom. The van der Waals surface area contributed by atoms with Gasteiger partial charge < -0.3 is 5.32 Å². The third kappa shape index (κ3) is 5.29. The van der Waals surface area contributed by atoms with Crippen molar-refractivity contribution in [3.8, 4) is 0 Å². The zero-order valence-electron chi connectivity index (χ0n) is 22.4. The molecule has 4 saturated carbocycles. The third-order valence-electron chi connectivity index (χ3n) is 9.62. The number of rotatable bonds is 11. The molecule has 7 nitrogen and oxygen atoms in total. The van der Waals surface area contributed by atoms with Crippen molar-refractivity contribution >= 4 is 35.4 Å². The normalized spacial score (nSPS) is 31.3. The second-order valence-corrected chi connectivity index (χ2v) is 13.6. The van der Waals surface area contributed by atoms with Crippen LogP contribution in [0.3, 0.4) is 0 Å². The molecule has 1 saturated heterocycles. The monoisotopic (exact) mass is 555 g/mol. The molecule has 4 bridgehead atoms. The van der Waals surface area contributed by atoms with Gasteiger partial charge in [0.2, 0.25) is 11.8 Å². The first kappa shape index (κ1) is 26.9. The number of amides is 4. The van der Waals surface area contributed by atoms with Crippen molar-refractivity contribution in [1.29, 1.82) is 0 Å². The van der Waals surface area contributed by atoms with Crippen molar-refractivity contribution in [2.24, 2.45) is 17.8 Å². The molecule has 0 radical (unpaired) electrons. The molecule has 0 aromatic heterocycles. The van der Waals surface area contributed by atoms with E-state index in [1.807, 2.05) is 0 Å². The summed E-state index contributed by atoms with van der Waals surface area (Å²) in [5.74, 6) is 0.336. The van der Waals surface area contributed by atoms with Gasteiger partial charge in [0.15, 0.2) is 0 Å². The quantitative estimate of drug-likeness (QED) is 0.231. The van der Waals surface area contributed by atoms with E-state index in [1.165, 1.54) is 69.2 Å². The lowest BCUT2D eigenvalue weighted by atomic mass is 9.53. The molecule has 210 valence electrons. The molecule has 1 unspecified atom stereocenters. The molecule has 2 heterocycles. The number of hydrogen-bond donors (Lipinski definition) is 2. The Balaban J connectivity index is 0.945. The highest BCUT2D eigenvalue weighted by Gasteiger charge is 2.50. The number of unbranched alkanes of at least 4 members (excludes halogenated alkanes) is 4. The minimum absolute atomic E-state index is 0.0340. The lowest BCUT2D eigenvalue weighted by molar-refractivity contribution is -0.136. The van der Waals surface area contributed by atoms with Gasteiger partial charge >= 0.3 is 0 Å². The molecule has 6 aliphatic rings. The molecular weight excluding hydrogens is 517 g/mol. The molecule has 1 atom stereocenters. The molecule has 7 rings (SSSR count). The highest BCUT2D eigenvalue weighted by Crippen LogP contribution is 2.55. The van der Waals surface area contributed by atoms with Crippen LogP contribution in [0.25, 0.3) is 0 Å². The maximum Gasteiger partial charge on any atom is 0.265 e. The number of thioether (sulfide) groups is 1. The molecular formula is C30H38FN3O4S. The van der Waals surface area contributed by atoms with Crippen molar-refractivity contribution in [3.05, 3.63) is 29.1 Å². The molecule has 2 aliphatic heterocycles. The van der Waals surface area contributed by atoms with Gasteiger partial charge in [-0.05, 0) is 100.0 Å². The topological polar surface area (TPSA) is 95.6 Å². The number of hydrogen-bond acceptors (Lipinski definition) is 6. The molecule has 9 heteroatoms. The van der Waals surface area contributed by atoms with E-state index in [1.54, 1.807) is 6.07 Å². The lowest BCUT2D eigenvalue weighted by Crippen LogP contribution is -2.58. The van der Waals surface area contributed by atoms with E-state index < -0.39 is 35.5 Å². The van der Waals surface area contributed by atoms with E-state index >= 15 is 0 Å². The number of benzene rings is 1. The predicted octanol–water partition coefficient (Wildman–Crippen LogP) is 4.83. The zero-order chi connectivity index (χ0) is 27.1. The van der Waals surface area contributed by atoms with Crippen LogP contribution in [0.4, 0.5) is 4.39 Å². The summed E-state index contributed by atoms with van der Waals surface area (Å²) in [5.41, 5.74) is 0.222. The Bertz CT molecular complexity index is 1150. The summed E-state index contributed by atoms with van der Waals surface area (Å²) >= 11 is 1.46. The minimum Gasteiger partial charge on any atom is -0.311 e. The van der Waals surface area contributed by atoms with E-state index in [9.17, 15) is 23.6 Å².